The molecule has 0 rings (SSSR count). The average molecular weight is 500 g/mol. The van der Waals surface area contributed by atoms with Crippen molar-refractivity contribution in [2.45, 2.75) is 97.9 Å². The molecule has 3 atom stereocenters. The van der Waals surface area contributed by atoms with Gasteiger partial charge in [0.05, 0.1) is 12.1 Å². The quantitative estimate of drug-likeness (QED) is 0.119. The predicted molar refractivity (Wildman–Crippen MR) is 135 cm³/mol. The van der Waals surface area contributed by atoms with Gasteiger partial charge in [0, 0.05) is 12.8 Å². The summed E-state index contributed by atoms with van der Waals surface area (Å²) >= 11 is 0. The second kappa shape index (κ2) is 15.9. The van der Waals surface area contributed by atoms with E-state index in [9.17, 15) is 19.2 Å². The predicted octanol–water partition coefficient (Wildman–Crippen LogP) is 1.33. The van der Waals surface area contributed by atoms with Gasteiger partial charge in [0.2, 0.25) is 11.8 Å². The molecule has 0 saturated heterocycles. The molecule has 12 heteroatoms. The number of carbonyl (C=O) groups is 4. The lowest BCUT2D eigenvalue weighted by Gasteiger charge is -2.25. The van der Waals surface area contributed by atoms with Crippen LogP contribution >= 0.6 is 0 Å². The first kappa shape index (κ1) is 32.1. The largest absolute Gasteiger partial charge is 0.444 e. The average Bonchev–Trinajstić information content (AvgIpc) is 2.69. The number of primary amides is 1. The van der Waals surface area contributed by atoms with Crippen LogP contribution in [-0.2, 0) is 14.3 Å². The smallest absolute Gasteiger partial charge is 0.407 e. The molecule has 0 saturated carbocycles. The van der Waals surface area contributed by atoms with Crippen molar-refractivity contribution in [3.8, 4) is 0 Å². The highest BCUT2D eigenvalue weighted by atomic mass is 16.6. The zero-order chi connectivity index (χ0) is 27.2. The number of amides is 5. The Bertz CT molecular complexity index is 720. The van der Waals surface area contributed by atoms with E-state index in [1.54, 1.807) is 20.8 Å². The number of unbranched alkanes of at least 4 members (excludes halogenated alkanes) is 1. The van der Waals surface area contributed by atoms with Gasteiger partial charge in [0.25, 0.3) is 0 Å². The Morgan fingerprint density at radius 1 is 1.00 bits per heavy atom. The lowest BCUT2D eigenvalue weighted by Crippen LogP contribution is -2.54. The second-order valence-corrected chi connectivity index (χ2v) is 10.3. The molecule has 0 aliphatic rings. The third-order valence-electron chi connectivity index (χ3n) is 4.73. The molecule has 8 N–H and O–H groups in total. The van der Waals surface area contributed by atoms with E-state index in [2.05, 4.69) is 26.5 Å². The Balaban J connectivity index is 5.07. The van der Waals surface area contributed by atoms with Crippen molar-refractivity contribution < 1.29 is 23.9 Å². The Morgan fingerprint density at radius 2 is 1.63 bits per heavy atom. The molecule has 0 aliphatic heterocycles. The number of rotatable bonds is 14. The van der Waals surface area contributed by atoms with Crippen LogP contribution in [0.1, 0.15) is 74.1 Å². The maximum Gasteiger partial charge on any atom is 0.407 e. The summed E-state index contributed by atoms with van der Waals surface area (Å²) in [6, 6.07) is -2.88. The molecule has 35 heavy (non-hydrogen) atoms. The summed E-state index contributed by atoms with van der Waals surface area (Å²) < 4.78 is 5.19. The molecule has 0 unspecified atom stereocenters. The molecule has 0 bridgehead atoms. The van der Waals surface area contributed by atoms with Crippen LogP contribution in [0.4, 0.5) is 9.59 Å². The first-order chi connectivity index (χ1) is 16.1. The molecule has 12 nitrogen and oxygen atoms in total. The first-order valence-corrected chi connectivity index (χ1v) is 12.0. The number of urea groups is 1. The van der Waals surface area contributed by atoms with E-state index in [1.165, 1.54) is 6.21 Å². The summed E-state index contributed by atoms with van der Waals surface area (Å²) in [4.78, 5) is 48.1. The highest BCUT2D eigenvalue weighted by Gasteiger charge is 2.27. The van der Waals surface area contributed by atoms with Crippen molar-refractivity contribution in [2.24, 2.45) is 28.4 Å². The third kappa shape index (κ3) is 16.4. The minimum Gasteiger partial charge on any atom is -0.444 e. The van der Waals surface area contributed by atoms with Crippen LogP contribution in [0.15, 0.2) is 5.10 Å². The van der Waals surface area contributed by atoms with Gasteiger partial charge >= 0.3 is 12.1 Å². The number of nitrogens with one attached hydrogen (secondary N) is 4. The maximum atomic E-state index is 13.0. The number of ether oxygens (including phenoxy) is 1. The lowest BCUT2D eigenvalue weighted by atomic mass is 10.00. The van der Waals surface area contributed by atoms with Gasteiger partial charge in [-0.15, -0.1) is 0 Å². The van der Waals surface area contributed by atoms with Gasteiger partial charge in [0.15, 0.2) is 0 Å². The van der Waals surface area contributed by atoms with E-state index in [4.69, 9.17) is 16.2 Å². The summed E-state index contributed by atoms with van der Waals surface area (Å²) in [6.07, 6.45) is 3.02. The van der Waals surface area contributed by atoms with Crippen LogP contribution in [0.3, 0.4) is 0 Å². The van der Waals surface area contributed by atoms with E-state index in [0.29, 0.717) is 32.2 Å². The number of hydrazone groups is 1. The zero-order valence-corrected chi connectivity index (χ0v) is 22.1. The molecule has 202 valence electrons. The lowest BCUT2D eigenvalue weighted by molar-refractivity contribution is -0.130. The Kier molecular flexibility index (Phi) is 14.6. The number of alkyl carbamates (subject to hydrolysis) is 1. The van der Waals surface area contributed by atoms with Gasteiger partial charge < -0.3 is 32.2 Å². The van der Waals surface area contributed by atoms with Crippen LogP contribution < -0.4 is 32.8 Å². The maximum absolute atomic E-state index is 13.0. The molecule has 0 spiro atoms. The van der Waals surface area contributed by atoms with Gasteiger partial charge in [-0.25, -0.2) is 15.0 Å². The molecule has 0 aromatic rings. The summed E-state index contributed by atoms with van der Waals surface area (Å²) in [7, 11) is 0. The molecule has 0 fully saturated rings. The molecule has 0 aliphatic carbocycles. The number of nitrogens with zero attached hydrogens (tertiary/aromatic N) is 1. The Morgan fingerprint density at radius 3 is 2.14 bits per heavy atom. The standard InChI is InChI=1S/C23H45N7O5/c1-14(2)12-17(29-20(32)18(24)15(3)4)19(31)28-16(13-27-30-21(25)33)10-8-9-11-26-22(34)35-23(5,6)7/h13-18H,8-12,24H2,1-7H3,(H,26,34)(H,28,31)(H,29,32)(H3,25,30,33)/b27-13+/t16-,17-,18-/m0/s1. The minimum atomic E-state index is -0.833. The van der Waals surface area contributed by atoms with Gasteiger partial charge in [-0.1, -0.05) is 27.7 Å². The van der Waals surface area contributed by atoms with Crippen LogP contribution in [0.25, 0.3) is 0 Å². The molecule has 0 heterocycles. The molecular weight excluding hydrogens is 454 g/mol. The summed E-state index contributed by atoms with van der Waals surface area (Å²) in [6.45, 7) is 13.3. The summed E-state index contributed by atoms with van der Waals surface area (Å²) in [5.74, 6) is -0.712. The molecular formula is C23H45N7O5. The normalized spacial score (nSPS) is 14.3. The molecule has 0 aromatic heterocycles. The van der Waals surface area contributed by atoms with Crippen LogP contribution in [0, 0.1) is 11.8 Å². The SMILES string of the molecule is CC(C)C[C@H](NC(=O)[C@@H](N)C(C)C)C(=O)N[C@H](/C=N/NC(N)=O)CCCCNC(=O)OC(C)(C)C. The van der Waals surface area contributed by atoms with Crippen LogP contribution in [-0.4, -0.2) is 60.4 Å². The van der Waals surface area contributed by atoms with Gasteiger partial charge in [-0.2, -0.15) is 5.10 Å². The zero-order valence-electron chi connectivity index (χ0n) is 22.1. The van der Waals surface area contributed by atoms with Gasteiger partial charge in [-0.05, 0) is 58.3 Å². The number of nitrogens with two attached hydrogens (primary N) is 2. The van der Waals surface area contributed by atoms with Crippen molar-refractivity contribution in [3.63, 3.8) is 0 Å². The van der Waals surface area contributed by atoms with Gasteiger partial charge in [0.1, 0.15) is 11.6 Å². The molecule has 5 amide bonds. The van der Waals surface area contributed by atoms with Crippen molar-refractivity contribution in [2.75, 3.05) is 6.54 Å². The minimum absolute atomic E-state index is 0.0770. The third-order valence-corrected chi connectivity index (χ3v) is 4.73. The fourth-order valence-corrected chi connectivity index (χ4v) is 2.93. The van der Waals surface area contributed by atoms with E-state index in [0.717, 1.165) is 0 Å². The van der Waals surface area contributed by atoms with E-state index in [-0.39, 0.29) is 17.7 Å². The van der Waals surface area contributed by atoms with Crippen molar-refractivity contribution >= 4 is 30.2 Å². The highest BCUT2D eigenvalue weighted by Crippen LogP contribution is 2.09. The van der Waals surface area contributed by atoms with Gasteiger partial charge in [-0.3, -0.25) is 9.59 Å². The molecule has 0 radical (unpaired) electrons. The van der Waals surface area contributed by atoms with E-state index < -0.39 is 41.8 Å². The summed E-state index contributed by atoms with van der Waals surface area (Å²) in [5, 5.41) is 12.0. The topological polar surface area (TPSA) is 190 Å². The Labute approximate surface area is 208 Å². The Hall–Kier alpha value is -2.89. The fraction of sp³-hybridized carbons (Fsp3) is 0.783. The van der Waals surface area contributed by atoms with Crippen molar-refractivity contribution in [1.82, 2.24) is 21.4 Å². The number of hydrogen-bond donors (Lipinski definition) is 6. The van der Waals surface area contributed by atoms with E-state index >= 15 is 0 Å². The van der Waals surface area contributed by atoms with E-state index in [1.807, 2.05) is 27.7 Å². The first-order valence-electron chi connectivity index (χ1n) is 12.0. The van der Waals surface area contributed by atoms with Crippen molar-refractivity contribution in [1.29, 1.82) is 0 Å². The number of carbonyl (C=O) groups excluding carboxylic acids is 4. The fourth-order valence-electron chi connectivity index (χ4n) is 2.93. The highest BCUT2D eigenvalue weighted by molar-refractivity contribution is 5.91. The van der Waals surface area contributed by atoms with Crippen LogP contribution in [0.2, 0.25) is 0 Å². The number of hydrogen-bond acceptors (Lipinski definition) is 7. The van der Waals surface area contributed by atoms with Crippen molar-refractivity contribution in [3.05, 3.63) is 0 Å². The second-order valence-electron chi connectivity index (χ2n) is 10.3. The monoisotopic (exact) mass is 499 g/mol. The summed E-state index contributed by atoms with van der Waals surface area (Å²) in [5.41, 5.74) is 12.5. The van der Waals surface area contributed by atoms with Crippen LogP contribution in [0.5, 0.6) is 0 Å². The molecule has 0 aromatic carbocycles.